The van der Waals surface area contributed by atoms with Gasteiger partial charge in [0.25, 0.3) is 0 Å². The predicted molar refractivity (Wildman–Crippen MR) is 64.8 cm³/mol. The summed E-state index contributed by atoms with van der Waals surface area (Å²) in [6.45, 7) is 1.18. The van der Waals surface area contributed by atoms with Crippen LogP contribution in [0.1, 0.15) is 26.2 Å². The van der Waals surface area contributed by atoms with Gasteiger partial charge in [0.05, 0.1) is 4.99 Å². The van der Waals surface area contributed by atoms with Crippen molar-refractivity contribution in [1.82, 2.24) is 4.90 Å². The Morgan fingerprint density at radius 1 is 1.47 bits per heavy atom. The molecule has 1 N–H and O–H groups in total. The van der Waals surface area contributed by atoms with E-state index in [2.05, 4.69) is 0 Å². The van der Waals surface area contributed by atoms with E-state index in [0.29, 0.717) is 19.4 Å². The molecule has 1 aliphatic heterocycles. The molecule has 1 heterocycles. The molecular weight excluding hydrogens is 283 g/mol. The molecule has 0 bridgehead atoms. The molecule has 2 atom stereocenters. The number of thiocarbonyl (C=S) groups is 1. The highest BCUT2D eigenvalue weighted by Gasteiger charge is 2.44. The smallest absolute Gasteiger partial charge is 0.399 e. The number of ketones is 1. The molecule has 1 saturated heterocycles. The van der Waals surface area contributed by atoms with Gasteiger partial charge in [-0.15, -0.1) is 0 Å². The second-order valence-electron chi connectivity index (χ2n) is 4.49. The topological polar surface area (TPSA) is 57.6 Å². The fraction of sp³-hybridized carbons (Fsp3) is 0.727. The van der Waals surface area contributed by atoms with E-state index in [-0.39, 0.29) is 4.99 Å². The van der Waals surface area contributed by atoms with Crippen molar-refractivity contribution >= 4 is 29.0 Å². The first kappa shape index (κ1) is 15.9. The molecule has 1 fully saturated rings. The number of nitrogens with zero attached hydrogens (tertiary/aromatic N) is 1. The number of carbonyl (C=O) groups excluding carboxylic acids is 1. The van der Waals surface area contributed by atoms with E-state index in [1.54, 1.807) is 0 Å². The van der Waals surface area contributed by atoms with Gasteiger partial charge in [0, 0.05) is 13.0 Å². The van der Waals surface area contributed by atoms with Crippen LogP contribution >= 0.6 is 12.2 Å². The van der Waals surface area contributed by atoms with Gasteiger partial charge < -0.3 is 10.0 Å². The molecule has 1 aliphatic rings. The number of likely N-dealkylation sites (tertiary alicyclic amines) is 1. The van der Waals surface area contributed by atoms with Crippen LogP contribution in [-0.2, 0) is 9.59 Å². The van der Waals surface area contributed by atoms with Gasteiger partial charge in [0.15, 0.2) is 0 Å². The van der Waals surface area contributed by atoms with Crippen LogP contribution in [0.4, 0.5) is 13.2 Å². The van der Waals surface area contributed by atoms with Crippen LogP contribution in [0.15, 0.2) is 0 Å². The monoisotopic (exact) mass is 297 g/mol. The highest BCUT2D eigenvalue weighted by molar-refractivity contribution is 7.80. The third-order valence-corrected chi connectivity index (χ3v) is 3.52. The van der Waals surface area contributed by atoms with Crippen molar-refractivity contribution in [2.75, 3.05) is 6.54 Å². The van der Waals surface area contributed by atoms with Gasteiger partial charge >= 0.3 is 12.1 Å². The van der Waals surface area contributed by atoms with E-state index in [0.717, 1.165) is 6.92 Å². The number of rotatable bonds is 4. The Hall–Kier alpha value is -1.18. The lowest BCUT2D eigenvalue weighted by Gasteiger charge is -2.27. The van der Waals surface area contributed by atoms with E-state index >= 15 is 0 Å². The number of alkyl halides is 3. The maximum Gasteiger partial charge on any atom is 0.399 e. The average molecular weight is 297 g/mol. The van der Waals surface area contributed by atoms with Crippen molar-refractivity contribution in [3.05, 3.63) is 0 Å². The average Bonchev–Trinajstić information content (AvgIpc) is 2.72. The Bertz CT molecular complexity index is 397. The minimum atomic E-state index is -4.66. The summed E-state index contributed by atoms with van der Waals surface area (Å²) in [5, 5.41) is 8.95. The van der Waals surface area contributed by atoms with Crippen molar-refractivity contribution in [1.29, 1.82) is 0 Å². The third kappa shape index (κ3) is 3.89. The van der Waals surface area contributed by atoms with Gasteiger partial charge in [0.1, 0.15) is 17.7 Å². The molecule has 108 valence electrons. The molecule has 0 spiro atoms. The lowest BCUT2D eigenvalue weighted by atomic mass is 10.00. The fourth-order valence-corrected chi connectivity index (χ4v) is 2.49. The number of hydrogen-bond donors (Lipinski definition) is 1. The van der Waals surface area contributed by atoms with Gasteiger partial charge in [-0.3, -0.25) is 4.79 Å². The molecular formula is C11H14F3NO3S. The molecule has 19 heavy (non-hydrogen) atoms. The second-order valence-corrected chi connectivity index (χ2v) is 4.96. The van der Waals surface area contributed by atoms with E-state index in [4.69, 9.17) is 17.3 Å². The largest absolute Gasteiger partial charge is 0.480 e. The summed E-state index contributed by atoms with van der Waals surface area (Å²) >= 11 is 4.88. The number of Topliss-reactive ketones (excluding diaryl/α,β-unsaturated/α-hetero) is 1. The van der Waals surface area contributed by atoms with Crippen molar-refractivity contribution in [2.45, 2.75) is 38.4 Å². The Labute approximate surface area is 113 Å². The van der Waals surface area contributed by atoms with E-state index < -0.39 is 36.3 Å². The van der Waals surface area contributed by atoms with E-state index in [9.17, 15) is 22.8 Å². The zero-order chi connectivity index (χ0) is 14.8. The normalized spacial score (nSPS) is 21.3. The SMILES string of the molecule is CC(=O)C(CC(=S)N1CCC[C@H]1C(=O)O)C(F)(F)F. The minimum absolute atomic E-state index is 0.109. The van der Waals surface area contributed by atoms with Crippen molar-refractivity contribution in [3.8, 4) is 0 Å². The quantitative estimate of drug-likeness (QED) is 0.805. The maximum atomic E-state index is 12.7. The maximum absolute atomic E-state index is 12.7. The number of hydrogen-bond acceptors (Lipinski definition) is 3. The summed E-state index contributed by atoms with van der Waals surface area (Å²) < 4.78 is 38.0. The zero-order valence-electron chi connectivity index (χ0n) is 10.2. The Kier molecular flexibility index (Phi) is 4.89. The predicted octanol–water partition coefficient (Wildman–Crippen LogP) is 2.02. The van der Waals surface area contributed by atoms with Gasteiger partial charge in [-0.05, 0) is 19.8 Å². The molecule has 0 saturated carbocycles. The number of halogens is 3. The molecule has 0 aromatic carbocycles. The Balaban J connectivity index is 2.78. The first-order valence-electron chi connectivity index (χ1n) is 5.74. The number of aliphatic carboxylic acids is 1. The van der Waals surface area contributed by atoms with E-state index in [1.165, 1.54) is 4.90 Å². The number of carbonyl (C=O) groups is 2. The lowest BCUT2D eigenvalue weighted by Crippen LogP contribution is -2.42. The highest BCUT2D eigenvalue weighted by Crippen LogP contribution is 2.31. The Morgan fingerprint density at radius 2 is 2.05 bits per heavy atom. The summed E-state index contributed by atoms with van der Waals surface area (Å²) in [6.07, 6.45) is -4.40. The molecule has 1 unspecified atom stereocenters. The van der Waals surface area contributed by atoms with Crippen LogP contribution in [0, 0.1) is 5.92 Å². The zero-order valence-corrected chi connectivity index (χ0v) is 11.1. The minimum Gasteiger partial charge on any atom is -0.480 e. The van der Waals surface area contributed by atoms with Gasteiger partial charge in [-0.1, -0.05) is 12.2 Å². The molecule has 0 radical (unpaired) electrons. The van der Waals surface area contributed by atoms with Crippen LogP contribution < -0.4 is 0 Å². The molecule has 1 rings (SSSR count). The number of carboxylic acid groups (broad SMARTS) is 1. The molecule has 0 amide bonds. The number of carboxylic acids is 1. The lowest BCUT2D eigenvalue weighted by molar-refractivity contribution is -0.178. The van der Waals surface area contributed by atoms with Crippen molar-refractivity contribution < 1.29 is 27.9 Å². The molecule has 8 heteroatoms. The molecule has 0 aromatic rings. The van der Waals surface area contributed by atoms with Crippen LogP contribution in [0.2, 0.25) is 0 Å². The molecule has 0 aliphatic carbocycles. The van der Waals surface area contributed by atoms with Crippen molar-refractivity contribution in [2.24, 2.45) is 5.92 Å². The summed E-state index contributed by atoms with van der Waals surface area (Å²) in [7, 11) is 0. The van der Waals surface area contributed by atoms with Crippen LogP contribution in [-0.4, -0.2) is 45.5 Å². The summed E-state index contributed by atoms with van der Waals surface area (Å²) in [5.74, 6) is -4.28. The van der Waals surface area contributed by atoms with Crippen LogP contribution in [0.3, 0.4) is 0 Å². The third-order valence-electron chi connectivity index (χ3n) is 3.12. The highest BCUT2D eigenvalue weighted by atomic mass is 32.1. The first-order valence-corrected chi connectivity index (χ1v) is 6.15. The van der Waals surface area contributed by atoms with Crippen LogP contribution in [0.25, 0.3) is 0 Å². The van der Waals surface area contributed by atoms with Gasteiger partial charge in [-0.25, -0.2) is 4.79 Å². The standard InChI is InChI=1S/C11H14F3NO3S/c1-6(16)7(11(12,13)14)5-9(19)15-4-2-3-8(15)10(17)18/h7-8H,2-5H2,1H3,(H,17,18)/t7?,8-/m0/s1. The van der Waals surface area contributed by atoms with Crippen LogP contribution in [0.5, 0.6) is 0 Å². The molecule has 4 nitrogen and oxygen atoms in total. The van der Waals surface area contributed by atoms with E-state index in [1.807, 2.05) is 0 Å². The fourth-order valence-electron chi connectivity index (χ4n) is 2.10. The molecule has 0 aromatic heterocycles. The first-order chi connectivity index (χ1) is 8.64. The second kappa shape index (κ2) is 5.85. The summed E-state index contributed by atoms with van der Waals surface area (Å²) in [6, 6.07) is -0.881. The van der Waals surface area contributed by atoms with Gasteiger partial charge in [-0.2, -0.15) is 13.2 Å². The Morgan fingerprint density at radius 3 is 2.47 bits per heavy atom. The van der Waals surface area contributed by atoms with Crippen molar-refractivity contribution in [3.63, 3.8) is 0 Å². The summed E-state index contributed by atoms with van der Waals surface area (Å²) in [5.41, 5.74) is 0. The summed E-state index contributed by atoms with van der Waals surface area (Å²) in [4.78, 5) is 23.2. The van der Waals surface area contributed by atoms with Gasteiger partial charge in [0.2, 0.25) is 0 Å².